The highest BCUT2D eigenvalue weighted by molar-refractivity contribution is 6.31. The van der Waals surface area contributed by atoms with E-state index in [4.69, 9.17) is 16.7 Å². The molecule has 2 aromatic rings. The molecule has 1 aromatic carbocycles. The largest absolute Gasteiger partial charge is 0.478 e. The van der Waals surface area contributed by atoms with Gasteiger partial charge >= 0.3 is 5.97 Å². The minimum atomic E-state index is -0.965. The van der Waals surface area contributed by atoms with Crippen LogP contribution in [0.25, 0.3) is 0 Å². The van der Waals surface area contributed by atoms with Crippen LogP contribution in [0.5, 0.6) is 0 Å². The molecule has 0 saturated heterocycles. The molecule has 0 bridgehead atoms. The summed E-state index contributed by atoms with van der Waals surface area (Å²) in [5, 5.41) is 13.6. The molecule has 0 aliphatic carbocycles. The Morgan fingerprint density at radius 1 is 1.47 bits per heavy atom. The van der Waals surface area contributed by atoms with Gasteiger partial charge in [-0.2, -0.15) is 5.10 Å². The van der Waals surface area contributed by atoms with Gasteiger partial charge in [0.1, 0.15) is 5.56 Å². The van der Waals surface area contributed by atoms with Crippen LogP contribution in [0.2, 0.25) is 5.02 Å². The maximum atomic E-state index is 10.9. The first-order valence-electron chi connectivity index (χ1n) is 5.08. The van der Waals surface area contributed by atoms with Crippen molar-refractivity contribution in [2.75, 3.05) is 0 Å². The van der Waals surface area contributed by atoms with E-state index < -0.39 is 5.97 Å². The van der Waals surface area contributed by atoms with E-state index in [0.29, 0.717) is 17.3 Å². The van der Waals surface area contributed by atoms with Crippen molar-refractivity contribution in [1.82, 2.24) is 9.78 Å². The van der Waals surface area contributed by atoms with Gasteiger partial charge < -0.3 is 5.11 Å². The minimum absolute atomic E-state index is 0.219. The van der Waals surface area contributed by atoms with Gasteiger partial charge in [0.2, 0.25) is 0 Å². The van der Waals surface area contributed by atoms with Crippen LogP contribution in [0.3, 0.4) is 0 Å². The quantitative estimate of drug-likeness (QED) is 0.911. The van der Waals surface area contributed by atoms with Crippen LogP contribution in [-0.2, 0) is 6.54 Å². The number of hydrogen-bond acceptors (Lipinski definition) is 2. The Balaban J connectivity index is 2.31. The molecule has 0 unspecified atom stereocenters. The first-order chi connectivity index (χ1) is 8.09. The average molecular weight is 251 g/mol. The van der Waals surface area contributed by atoms with Gasteiger partial charge in [-0.3, -0.25) is 4.68 Å². The number of aromatic nitrogens is 2. The third kappa shape index (κ3) is 2.31. The zero-order valence-corrected chi connectivity index (χ0v) is 9.98. The lowest BCUT2D eigenvalue weighted by Gasteiger charge is -2.06. The third-order valence-corrected chi connectivity index (χ3v) is 2.98. The third-order valence-electron chi connectivity index (χ3n) is 2.61. The van der Waals surface area contributed by atoms with Crippen LogP contribution in [0, 0.1) is 6.92 Å². The number of halogens is 1. The predicted octanol–water partition coefficient (Wildman–Crippen LogP) is 2.59. The van der Waals surface area contributed by atoms with Crippen molar-refractivity contribution in [2.45, 2.75) is 13.5 Å². The fraction of sp³-hybridized carbons (Fsp3) is 0.167. The van der Waals surface area contributed by atoms with Crippen molar-refractivity contribution < 1.29 is 9.90 Å². The Bertz CT molecular complexity index is 563. The first-order valence-corrected chi connectivity index (χ1v) is 5.46. The highest BCUT2D eigenvalue weighted by Crippen LogP contribution is 2.17. The monoisotopic (exact) mass is 250 g/mol. The van der Waals surface area contributed by atoms with E-state index in [2.05, 4.69) is 5.10 Å². The summed E-state index contributed by atoms with van der Waals surface area (Å²) in [6.45, 7) is 2.20. The molecular formula is C12H11ClN2O2. The molecule has 0 aliphatic heterocycles. The Labute approximate surface area is 103 Å². The molecule has 0 spiro atoms. The number of nitrogens with zero attached hydrogens (tertiary/aromatic N) is 2. The normalized spacial score (nSPS) is 10.5. The van der Waals surface area contributed by atoms with E-state index in [1.165, 1.54) is 6.20 Å². The van der Waals surface area contributed by atoms with Crippen LogP contribution in [0.4, 0.5) is 0 Å². The lowest BCUT2D eigenvalue weighted by Crippen LogP contribution is -2.06. The molecule has 1 heterocycles. The van der Waals surface area contributed by atoms with Crippen LogP contribution in [0.1, 0.15) is 21.6 Å². The molecule has 0 amide bonds. The fourth-order valence-electron chi connectivity index (χ4n) is 1.60. The molecule has 0 fully saturated rings. The van der Waals surface area contributed by atoms with E-state index in [9.17, 15) is 4.79 Å². The van der Waals surface area contributed by atoms with E-state index in [-0.39, 0.29) is 5.56 Å². The van der Waals surface area contributed by atoms with Crippen molar-refractivity contribution in [2.24, 2.45) is 0 Å². The number of benzene rings is 1. The second-order valence-corrected chi connectivity index (χ2v) is 4.11. The van der Waals surface area contributed by atoms with E-state index in [1.807, 2.05) is 18.2 Å². The topological polar surface area (TPSA) is 55.1 Å². The maximum Gasteiger partial charge on any atom is 0.339 e. The van der Waals surface area contributed by atoms with Crippen molar-refractivity contribution in [3.63, 3.8) is 0 Å². The zero-order chi connectivity index (χ0) is 12.4. The number of hydrogen-bond donors (Lipinski definition) is 1. The van der Waals surface area contributed by atoms with Crippen LogP contribution >= 0.6 is 11.6 Å². The SMILES string of the molecule is Cc1c(C(=O)O)cnn1Cc1ccccc1Cl. The van der Waals surface area contributed by atoms with Gasteiger partial charge in [-0.25, -0.2) is 4.79 Å². The van der Waals surface area contributed by atoms with Crippen molar-refractivity contribution in [3.8, 4) is 0 Å². The highest BCUT2D eigenvalue weighted by Gasteiger charge is 2.13. The maximum absolute atomic E-state index is 10.9. The van der Waals surface area contributed by atoms with E-state index in [1.54, 1.807) is 17.7 Å². The number of carbonyl (C=O) groups is 1. The predicted molar refractivity (Wildman–Crippen MR) is 64.5 cm³/mol. The number of carboxylic acids is 1. The number of rotatable bonds is 3. The molecule has 1 aromatic heterocycles. The first kappa shape index (κ1) is 11.7. The minimum Gasteiger partial charge on any atom is -0.478 e. The van der Waals surface area contributed by atoms with E-state index in [0.717, 1.165) is 5.56 Å². The Morgan fingerprint density at radius 2 is 2.18 bits per heavy atom. The zero-order valence-electron chi connectivity index (χ0n) is 9.22. The lowest BCUT2D eigenvalue weighted by molar-refractivity contribution is 0.0696. The lowest BCUT2D eigenvalue weighted by atomic mass is 10.2. The molecular weight excluding hydrogens is 240 g/mol. The van der Waals surface area contributed by atoms with Gasteiger partial charge in [-0.15, -0.1) is 0 Å². The summed E-state index contributed by atoms with van der Waals surface area (Å²) < 4.78 is 1.63. The summed E-state index contributed by atoms with van der Waals surface area (Å²) >= 11 is 6.04. The smallest absolute Gasteiger partial charge is 0.339 e. The second-order valence-electron chi connectivity index (χ2n) is 3.70. The summed E-state index contributed by atoms with van der Waals surface area (Å²) in [5.74, 6) is -0.965. The van der Waals surface area contributed by atoms with Gasteiger partial charge in [0.25, 0.3) is 0 Å². The van der Waals surface area contributed by atoms with Crippen molar-refractivity contribution >= 4 is 17.6 Å². The Hall–Kier alpha value is -1.81. The number of aromatic carboxylic acids is 1. The molecule has 2 rings (SSSR count). The summed E-state index contributed by atoms with van der Waals surface area (Å²) in [5.41, 5.74) is 1.76. The summed E-state index contributed by atoms with van der Waals surface area (Å²) in [7, 11) is 0. The van der Waals surface area contributed by atoms with Gasteiger partial charge in [0.15, 0.2) is 0 Å². The van der Waals surface area contributed by atoms with Gasteiger partial charge in [-0.05, 0) is 18.6 Å². The average Bonchev–Trinajstić information content (AvgIpc) is 2.64. The van der Waals surface area contributed by atoms with Crippen LogP contribution in [0.15, 0.2) is 30.5 Å². The molecule has 1 N–H and O–H groups in total. The van der Waals surface area contributed by atoms with Gasteiger partial charge in [-0.1, -0.05) is 29.8 Å². The van der Waals surface area contributed by atoms with Gasteiger partial charge in [0.05, 0.1) is 18.4 Å². The van der Waals surface area contributed by atoms with Crippen molar-refractivity contribution in [1.29, 1.82) is 0 Å². The standard InChI is InChI=1S/C12H11ClN2O2/c1-8-10(12(16)17)6-14-15(8)7-9-4-2-3-5-11(9)13/h2-6H,7H2,1H3,(H,16,17). The molecule has 0 saturated carbocycles. The van der Waals surface area contributed by atoms with Crippen molar-refractivity contribution in [3.05, 3.63) is 52.3 Å². The number of carboxylic acid groups (broad SMARTS) is 1. The molecule has 5 heteroatoms. The summed E-state index contributed by atoms with van der Waals surface area (Å²) in [6, 6.07) is 7.43. The molecule has 0 radical (unpaired) electrons. The molecule has 17 heavy (non-hydrogen) atoms. The molecule has 4 nitrogen and oxygen atoms in total. The molecule has 88 valence electrons. The molecule has 0 atom stereocenters. The fourth-order valence-corrected chi connectivity index (χ4v) is 1.80. The Morgan fingerprint density at radius 3 is 2.76 bits per heavy atom. The highest BCUT2D eigenvalue weighted by atomic mass is 35.5. The second kappa shape index (κ2) is 4.59. The Kier molecular flexibility index (Phi) is 3.15. The van der Waals surface area contributed by atoms with Crippen LogP contribution in [-0.4, -0.2) is 20.9 Å². The van der Waals surface area contributed by atoms with Gasteiger partial charge in [0, 0.05) is 5.02 Å². The van der Waals surface area contributed by atoms with Crippen LogP contribution < -0.4 is 0 Å². The summed E-state index contributed by atoms with van der Waals surface area (Å²) in [6.07, 6.45) is 1.36. The summed E-state index contributed by atoms with van der Waals surface area (Å²) in [4.78, 5) is 10.9. The molecule has 0 aliphatic rings. The van der Waals surface area contributed by atoms with E-state index >= 15 is 0 Å².